The Bertz CT molecular complexity index is 354. The van der Waals surface area contributed by atoms with Crippen LogP contribution in [-0.4, -0.2) is 5.78 Å². The molecule has 0 atom stereocenters. The van der Waals surface area contributed by atoms with Gasteiger partial charge in [-0.3, -0.25) is 4.79 Å². The van der Waals surface area contributed by atoms with E-state index in [0.29, 0.717) is 12.2 Å². The van der Waals surface area contributed by atoms with Crippen LogP contribution in [0.4, 0.5) is 0 Å². The SMILES string of the molecule is CCCCCCCCC(=O)Cc1cccc(C)c1. The zero-order valence-electron chi connectivity index (χ0n) is 11.9. The van der Waals surface area contributed by atoms with Crippen LogP contribution in [-0.2, 0) is 11.2 Å². The average Bonchev–Trinajstić information content (AvgIpc) is 2.33. The van der Waals surface area contributed by atoms with E-state index in [1.54, 1.807) is 0 Å². The summed E-state index contributed by atoms with van der Waals surface area (Å²) in [5.74, 6) is 0.385. The Hall–Kier alpha value is -1.11. The smallest absolute Gasteiger partial charge is 0.137 e. The molecule has 0 saturated heterocycles. The molecular formula is C17H26O. The molecular weight excluding hydrogens is 220 g/mol. The number of unbranched alkanes of at least 4 members (excludes halogenated alkanes) is 5. The van der Waals surface area contributed by atoms with E-state index >= 15 is 0 Å². The van der Waals surface area contributed by atoms with E-state index in [2.05, 4.69) is 26.0 Å². The molecule has 0 aliphatic carbocycles. The summed E-state index contributed by atoms with van der Waals surface area (Å²) in [6, 6.07) is 8.26. The lowest BCUT2D eigenvalue weighted by Crippen LogP contribution is -2.02. The molecule has 0 aliphatic heterocycles. The minimum atomic E-state index is 0.385. The minimum absolute atomic E-state index is 0.385. The Morgan fingerprint density at radius 3 is 2.50 bits per heavy atom. The van der Waals surface area contributed by atoms with Crippen LogP contribution in [0.1, 0.15) is 63.0 Å². The Labute approximate surface area is 112 Å². The maximum absolute atomic E-state index is 11.8. The van der Waals surface area contributed by atoms with Crippen LogP contribution in [0.2, 0.25) is 0 Å². The Kier molecular flexibility index (Phi) is 7.40. The van der Waals surface area contributed by atoms with Gasteiger partial charge in [-0.25, -0.2) is 0 Å². The van der Waals surface area contributed by atoms with Crippen molar-refractivity contribution in [3.05, 3.63) is 35.4 Å². The number of rotatable bonds is 9. The highest BCUT2D eigenvalue weighted by Gasteiger charge is 2.03. The second-order valence-corrected chi connectivity index (χ2v) is 5.22. The summed E-state index contributed by atoms with van der Waals surface area (Å²) >= 11 is 0. The van der Waals surface area contributed by atoms with Crippen LogP contribution in [0.25, 0.3) is 0 Å². The van der Waals surface area contributed by atoms with Crippen molar-refractivity contribution < 1.29 is 4.79 Å². The van der Waals surface area contributed by atoms with Gasteiger partial charge < -0.3 is 0 Å². The van der Waals surface area contributed by atoms with Gasteiger partial charge in [-0.2, -0.15) is 0 Å². The normalized spacial score (nSPS) is 10.6. The summed E-state index contributed by atoms with van der Waals surface area (Å²) < 4.78 is 0. The Morgan fingerprint density at radius 2 is 1.78 bits per heavy atom. The molecule has 0 fully saturated rings. The molecule has 1 heteroatoms. The molecule has 0 spiro atoms. The first-order valence-corrected chi connectivity index (χ1v) is 7.29. The third-order valence-electron chi connectivity index (χ3n) is 3.29. The molecule has 0 radical (unpaired) electrons. The molecule has 18 heavy (non-hydrogen) atoms. The molecule has 0 saturated carbocycles. The summed E-state index contributed by atoms with van der Waals surface area (Å²) in [6.07, 6.45) is 8.85. The summed E-state index contributed by atoms with van der Waals surface area (Å²) in [6.45, 7) is 4.30. The second-order valence-electron chi connectivity index (χ2n) is 5.22. The van der Waals surface area contributed by atoms with Gasteiger partial charge in [-0.15, -0.1) is 0 Å². The van der Waals surface area contributed by atoms with Crippen molar-refractivity contribution in [3.63, 3.8) is 0 Å². The molecule has 0 aliphatic rings. The van der Waals surface area contributed by atoms with Gasteiger partial charge >= 0.3 is 0 Å². The van der Waals surface area contributed by atoms with Gasteiger partial charge in [0, 0.05) is 12.8 Å². The van der Waals surface area contributed by atoms with Crippen LogP contribution in [0, 0.1) is 6.92 Å². The number of benzene rings is 1. The Morgan fingerprint density at radius 1 is 1.06 bits per heavy atom. The number of aryl methyl sites for hydroxylation is 1. The van der Waals surface area contributed by atoms with E-state index in [9.17, 15) is 4.79 Å². The third kappa shape index (κ3) is 6.58. The lowest BCUT2D eigenvalue weighted by atomic mass is 10.0. The van der Waals surface area contributed by atoms with Crippen molar-refractivity contribution >= 4 is 5.78 Å². The number of carbonyl (C=O) groups excluding carboxylic acids is 1. The minimum Gasteiger partial charge on any atom is -0.299 e. The fourth-order valence-electron chi connectivity index (χ4n) is 2.24. The van der Waals surface area contributed by atoms with Crippen molar-refractivity contribution in [2.24, 2.45) is 0 Å². The Balaban J connectivity index is 2.14. The average molecular weight is 246 g/mol. The van der Waals surface area contributed by atoms with Crippen LogP contribution < -0.4 is 0 Å². The zero-order valence-corrected chi connectivity index (χ0v) is 11.9. The van der Waals surface area contributed by atoms with Crippen LogP contribution in [0.15, 0.2) is 24.3 Å². The number of Topliss-reactive ketones (excluding diaryl/α,β-unsaturated/α-hetero) is 1. The first-order valence-electron chi connectivity index (χ1n) is 7.29. The number of hydrogen-bond donors (Lipinski definition) is 0. The fraction of sp³-hybridized carbons (Fsp3) is 0.588. The standard InChI is InChI=1S/C17H26O/c1-3-4-5-6-7-8-12-17(18)14-16-11-9-10-15(2)13-16/h9-11,13H,3-8,12,14H2,1-2H3. The van der Waals surface area contributed by atoms with E-state index in [1.165, 1.54) is 37.7 Å². The van der Waals surface area contributed by atoms with Gasteiger partial charge in [0.15, 0.2) is 0 Å². The molecule has 1 aromatic rings. The van der Waals surface area contributed by atoms with Crippen LogP contribution >= 0.6 is 0 Å². The first-order chi connectivity index (χ1) is 8.72. The van der Waals surface area contributed by atoms with Crippen molar-refractivity contribution in [1.29, 1.82) is 0 Å². The zero-order chi connectivity index (χ0) is 13.2. The molecule has 100 valence electrons. The van der Waals surface area contributed by atoms with Gasteiger partial charge in [0.25, 0.3) is 0 Å². The van der Waals surface area contributed by atoms with Gasteiger partial charge in [0.2, 0.25) is 0 Å². The molecule has 1 rings (SSSR count). The van der Waals surface area contributed by atoms with Crippen molar-refractivity contribution in [3.8, 4) is 0 Å². The number of hydrogen-bond acceptors (Lipinski definition) is 1. The van der Waals surface area contributed by atoms with E-state index in [0.717, 1.165) is 18.4 Å². The maximum Gasteiger partial charge on any atom is 0.137 e. The lowest BCUT2D eigenvalue weighted by molar-refractivity contribution is -0.118. The quantitative estimate of drug-likeness (QED) is 0.569. The van der Waals surface area contributed by atoms with E-state index in [-0.39, 0.29) is 0 Å². The predicted molar refractivity (Wildman–Crippen MR) is 77.9 cm³/mol. The van der Waals surface area contributed by atoms with Gasteiger partial charge in [-0.05, 0) is 18.9 Å². The van der Waals surface area contributed by atoms with Crippen molar-refractivity contribution in [2.45, 2.75) is 65.2 Å². The van der Waals surface area contributed by atoms with E-state index < -0.39 is 0 Å². The number of carbonyl (C=O) groups is 1. The van der Waals surface area contributed by atoms with Crippen LogP contribution in [0.3, 0.4) is 0 Å². The predicted octanol–water partition coefficient (Wildman–Crippen LogP) is 4.86. The van der Waals surface area contributed by atoms with E-state index in [4.69, 9.17) is 0 Å². The second kappa shape index (κ2) is 8.91. The fourth-order valence-corrected chi connectivity index (χ4v) is 2.24. The topological polar surface area (TPSA) is 17.1 Å². The molecule has 0 amide bonds. The summed E-state index contributed by atoms with van der Waals surface area (Å²) in [7, 11) is 0. The largest absolute Gasteiger partial charge is 0.299 e. The van der Waals surface area contributed by atoms with Crippen molar-refractivity contribution in [2.75, 3.05) is 0 Å². The molecule has 1 nitrogen and oxygen atoms in total. The molecule has 0 heterocycles. The highest BCUT2D eigenvalue weighted by molar-refractivity contribution is 5.80. The first kappa shape index (κ1) is 14.9. The number of ketones is 1. The molecule has 0 aromatic heterocycles. The van der Waals surface area contributed by atoms with Crippen LogP contribution in [0.5, 0.6) is 0 Å². The summed E-state index contributed by atoms with van der Waals surface area (Å²) in [5.41, 5.74) is 2.39. The summed E-state index contributed by atoms with van der Waals surface area (Å²) in [5, 5.41) is 0. The maximum atomic E-state index is 11.8. The highest BCUT2D eigenvalue weighted by atomic mass is 16.1. The van der Waals surface area contributed by atoms with Gasteiger partial charge in [0.05, 0.1) is 0 Å². The highest BCUT2D eigenvalue weighted by Crippen LogP contribution is 2.10. The third-order valence-corrected chi connectivity index (χ3v) is 3.29. The molecule has 0 bridgehead atoms. The molecule has 0 unspecified atom stereocenters. The van der Waals surface area contributed by atoms with Gasteiger partial charge in [0.1, 0.15) is 5.78 Å². The molecule has 1 aromatic carbocycles. The van der Waals surface area contributed by atoms with Crippen molar-refractivity contribution in [1.82, 2.24) is 0 Å². The van der Waals surface area contributed by atoms with E-state index in [1.807, 2.05) is 12.1 Å². The monoisotopic (exact) mass is 246 g/mol. The summed E-state index contributed by atoms with van der Waals surface area (Å²) in [4.78, 5) is 11.8. The van der Waals surface area contributed by atoms with Gasteiger partial charge in [-0.1, -0.05) is 68.9 Å². The lowest BCUT2D eigenvalue weighted by Gasteiger charge is -2.03. The molecule has 0 N–H and O–H groups in total.